The molecule has 0 fully saturated rings. The Balaban J connectivity index is 2.19. The Bertz CT molecular complexity index is 344. The molecule has 0 heterocycles. The summed E-state index contributed by atoms with van der Waals surface area (Å²) >= 11 is 0. The highest BCUT2D eigenvalue weighted by molar-refractivity contribution is 5.75. The number of amides is 1. The number of hydrogen-bond donors (Lipinski definition) is 2. The van der Waals surface area contributed by atoms with Crippen LogP contribution < -0.4 is 11.1 Å². The molecule has 1 aromatic carbocycles. The van der Waals surface area contributed by atoms with Crippen molar-refractivity contribution < 1.29 is 4.79 Å². The van der Waals surface area contributed by atoms with Crippen molar-refractivity contribution in [3.63, 3.8) is 0 Å². The van der Waals surface area contributed by atoms with E-state index in [1.165, 1.54) is 5.56 Å². The Hall–Kier alpha value is -1.51. The van der Waals surface area contributed by atoms with Gasteiger partial charge in [0.25, 0.3) is 0 Å². The minimum Gasteiger partial charge on any atom is -0.399 e. The Morgan fingerprint density at radius 1 is 1.29 bits per heavy atom. The average molecular weight is 234 g/mol. The number of rotatable bonds is 6. The second-order valence-corrected chi connectivity index (χ2v) is 4.77. The van der Waals surface area contributed by atoms with Crippen LogP contribution in [0, 0.1) is 5.92 Å². The lowest BCUT2D eigenvalue weighted by atomic mass is 10.1. The van der Waals surface area contributed by atoms with Gasteiger partial charge in [-0.1, -0.05) is 26.0 Å². The number of anilines is 1. The van der Waals surface area contributed by atoms with Crippen molar-refractivity contribution >= 4 is 11.6 Å². The highest BCUT2D eigenvalue weighted by Crippen LogP contribution is 2.06. The highest BCUT2D eigenvalue weighted by Gasteiger charge is 2.02. The lowest BCUT2D eigenvalue weighted by molar-refractivity contribution is -0.121. The summed E-state index contributed by atoms with van der Waals surface area (Å²) in [5.41, 5.74) is 7.57. The number of nitrogen functional groups attached to an aromatic ring is 1. The van der Waals surface area contributed by atoms with Crippen molar-refractivity contribution in [3.8, 4) is 0 Å². The van der Waals surface area contributed by atoms with Crippen LogP contribution in [-0.4, -0.2) is 12.5 Å². The summed E-state index contributed by atoms with van der Waals surface area (Å²) in [5, 5.41) is 2.93. The standard InChI is InChI=1S/C14H22N2O/c1-11(2)3-8-14(17)16-10-9-12-4-6-13(15)7-5-12/h4-7,11H,3,8-10,15H2,1-2H3,(H,16,17). The topological polar surface area (TPSA) is 55.1 Å². The minimum atomic E-state index is 0.147. The highest BCUT2D eigenvalue weighted by atomic mass is 16.1. The predicted molar refractivity (Wildman–Crippen MR) is 71.6 cm³/mol. The Morgan fingerprint density at radius 3 is 2.53 bits per heavy atom. The zero-order valence-electron chi connectivity index (χ0n) is 10.7. The molecule has 0 radical (unpaired) electrons. The Labute approximate surface area is 103 Å². The van der Waals surface area contributed by atoms with Crippen molar-refractivity contribution in [2.45, 2.75) is 33.1 Å². The lowest BCUT2D eigenvalue weighted by Crippen LogP contribution is -2.25. The van der Waals surface area contributed by atoms with Gasteiger partial charge in [0, 0.05) is 18.7 Å². The third-order valence-corrected chi connectivity index (χ3v) is 2.66. The summed E-state index contributed by atoms with van der Waals surface area (Å²) in [6.07, 6.45) is 2.43. The van der Waals surface area contributed by atoms with Gasteiger partial charge in [0.05, 0.1) is 0 Å². The molecule has 94 valence electrons. The van der Waals surface area contributed by atoms with Crippen LogP contribution in [-0.2, 0) is 11.2 Å². The molecule has 0 aliphatic carbocycles. The molecule has 0 atom stereocenters. The second kappa shape index (κ2) is 6.94. The number of hydrogen-bond acceptors (Lipinski definition) is 2. The molecule has 0 bridgehead atoms. The number of benzene rings is 1. The van der Waals surface area contributed by atoms with Gasteiger partial charge in [0.1, 0.15) is 0 Å². The first kappa shape index (κ1) is 13.6. The third-order valence-electron chi connectivity index (χ3n) is 2.66. The van der Waals surface area contributed by atoms with E-state index in [1.54, 1.807) is 0 Å². The molecule has 1 amide bonds. The van der Waals surface area contributed by atoms with Gasteiger partial charge in [0.2, 0.25) is 5.91 Å². The smallest absolute Gasteiger partial charge is 0.220 e. The summed E-state index contributed by atoms with van der Waals surface area (Å²) in [6, 6.07) is 7.76. The van der Waals surface area contributed by atoms with Crippen molar-refractivity contribution in [2.75, 3.05) is 12.3 Å². The van der Waals surface area contributed by atoms with Gasteiger partial charge in [-0.15, -0.1) is 0 Å². The SMILES string of the molecule is CC(C)CCC(=O)NCCc1ccc(N)cc1. The number of carbonyl (C=O) groups is 1. The van der Waals surface area contributed by atoms with Gasteiger partial charge in [-0.05, 0) is 36.5 Å². The van der Waals surface area contributed by atoms with E-state index < -0.39 is 0 Å². The third kappa shape index (κ3) is 5.95. The molecule has 3 nitrogen and oxygen atoms in total. The van der Waals surface area contributed by atoms with E-state index in [9.17, 15) is 4.79 Å². The van der Waals surface area contributed by atoms with E-state index in [1.807, 2.05) is 24.3 Å². The van der Waals surface area contributed by atoms with Crippen LogP contribution in [0.25, 0.3) is 0 Å². The number of nitrogens with one attached hydrogen (secondary N) is 1. The molecule has 17 heavy (non-hydrogen) atoms. The Kier molecular flexibility index (Phi) is 5.53. The summed E-state index contributed by atoms with van der Waals surface area (Å²) in [5.74, 6) is 0.729. The van der Waals surface area contributed by atoms with Crippen LogP contribution in [0.2, 0.25) is 0 Å². The molecular formula is C14H22N2O. The summed E-state index contributed by atoms with van der Waals surface area (Å²) in [4.78, 5) is 11.5. The quantitative estimate of drug-likeness (QED) is 0.742. The van der Waals surface area contributed by atoms with Crippen LogP contribution in [0.1, 0.15) is 32.3 Å². The number of carbonyl (C=O) groups excluding carboxylic acids is 1. The largest absolute Gasteiger partial charge is 0.399 e. The summed E-state index contributed by atoms with van der Waals surface area (Å²) in [7, 11) is 0. The molecule has 0 spiro atoms. The lowest BCUT2D eigenvalue weighted by Gasteiger charge is -2.07. The first-order valence-electron chi connectivity index (χ1n) is 6.19. The van der Waals surface area contributed by atoms with Crippen molar-refractivity contribution in [1.82, 2.24) is 5.32 Å². The van der Waals surface area contributed by atoms with E-state index in [0.29, 0.717) is 18.9 Å². The normalized spacial score (nSPS) is 10.5. The minimum absolute atomic E-state index is 0.147. The van der Waals surface area contributed by atoms with Crippen molar-refractivity contribution in [1.29, 1.82) is 0 Å². The fourth-order valence-corrected chi connectivity index (χ4v) is 1.54. The molecule has 1 aromatic rings. The van der Waals surface area contributed by atoms with E-state index in [-0.39, 0.29) is 5.91 Å². The molecule has 0 aromatic heterocycles. The summed E-state index contributed by atoms with van der Waals surface area (Å²) in [6.45, 7) is 4.95. The molecule has 3 heteroatoms. The van der Waals surface area contributed by atoms with Gasteiger partial charge in [-0.25, -0.2) is 0 Å². The fraction of sp³-hybridized carbons (Fsp3) is 0.500. The molecular weight excluding hydrogens is 212 g/mol. The molecule has 0 unspecified atom stereocenters. The monoisotopic (exact) mass is 234 g/mol. The van der Waals surface area contributed by atoms with Crippen LogP contribution in [0.5, 0.6) is 0 Å². The second-order valence-electron chi connectivity index (χ2n) is 4.77. The van der Waals surface area contributed by atoms with E-state index in [4.69, 9.17) is 5.73 Å². The average Bonchev–Trinajstić information content (AvgIpc) is 2.29. The van der Waals surface area contributed by atoms with Crippen molar-refractivity contribution in [2.24, 2.45) is 5.92 Å². The van der Waals surface area contributed by atoms with Crippen LogP contribution in [0.4, 0.5) is 5.69 Å². The van der Waals surface area contributed by atoms with Crippen LogP contribution in [0.15, 0.2) is 24.3 Å². The van der Waals surface area contributed by atoms with Crippen LogP contribution in [0.3, 0.4) is 0 Å². The van der Waals surface area contributed by atoms with Crippen LogP contribution >= 0.6 is 0 Å². The molecule has 3 N–H and O–H groups in total. The molecule has 0 saturated carbocycles. The first-order valence-corrected chi connectivity index (χ1v) is 6.19. The molecule has 1 rings (SSSR count). The summed E-state index contributed by atoms with van der Waals surface area (Å²) < 4.78 is 0. The number of nitrogens with two attached hydrogens (primary N) is 1. The zero-order chi connectivity index (χ0) is 12.7. The maximum absolute atomic E-state index is 11.5. The van der Waals surface area contributed by atoms with Gasteiger partial charge >= 0.3 is 0 Å². The molecule has 0 aliphatic rings. The van der Waals surface area contributed by atoms with Gasteiger partial charge in [-0.3, -0.25) is 4.79 Å². The first-order chi connectivity index (χ1) is 8.08. The van der Waals surface area contributed by atoms with E-state index in [0.717, 1.165) is 18.5 Å². The fourth-order valence-electron chi connectivity index (χ4n) is 1.54. The maximum atomic E-state index is 11.5. The maximum Gasteiger partial charge on any atom is 0.220 e. The Morgan fingerprint density at radius 2 is 1.94 bits per heavy atom. The van der Waals surface area contributed by atoms with Gasteiger partial charge in [0.15, 0.2) is 0 Å². The molecule has 0 saturated heterocycles. The predicted octanol–water partition coefficient (Wildman–Crippen LogP) is 2.36. The van der Waals surface area contributed by atoms with E-state index in [2.05, 4.69) is 19.2 Å². The molecule has 0 aliphatic heterocycles. The van der Waals surface area contributed by atoms with Crippen molar-refractivity contribution in [3.05, 3.63) is 29.8 Å². The van der Waals surface area contributed by atoms with Gasteiger partial charge in [-0.2, -0.15) is 0 Å². The van der Waals surface area contributed by atoms with Gasteiger partial charge < -0.3 is 11.1 Å². The van der Waals surface area contributed by atoms with E-state index >= 15 is 0 Å². The zero-order valence-corrected chi connectivity index (χ0v) is 10.7.